The number of nitrogens with zero attached hydrogens (tertiary/aromatic N) is 3. The number of halogens is 1. The molecule has 2 aliphatic heterocycles. The Morgan fingerprint density at radius 1 is 1.20 bits per heavy atom. The minimum absolute atomic E-state index is 0.0439. The number of carbonyl (C=O) groups is 1. The molecule has 5 N–H and O–H groups in total. The molecule has 0 aliphatic carbocycles. The summed E-state index contributed by atoms with van der Waals surface area (Å²) in [5.74, 6) is -0.747. The van der Waals surface area contributed by atoms with Gasteiger partial charge in [0.25, 0.3) is 5.91 Å². The van der Waals surface area contributed by atoms with Crippen molar-refractivity contribution in [3.05, 3.63) is 87.7 Å². The van der Waals surface area contributed by atoms with Crippen molar-refractivity contribution >= 4 is 35.0 Å². The maximum absolute atomic E-state index is 14.9. The third-order valence-corrected chi connectivity index (χ3v) is 8.81. The van der Waals surface area contributed by atoms with Crippen molar-refractivity contribution in [1.29, 1.82) is 5.41 Å². The van der Waals surface area contributed by atoms with E-state index in [0.717, 1.165) is 27.1 Å². The molecule has 2 aliphatic rings. The predicted octanol–water partition coefficient (Wildman–Crippen LogP) is 4.13. The van der Waals surface area contributed by atoms with Crippen LogP contribution in [0, 0.1) is 18.2 Å². The summed E-state index contributed by atoms with van der Waals surface area (Å²) in [6, 6.07) is 15.0. The number of amides is 1. The Bertz CT molecular complexity index is 1510. The second kappa shape index (κ2) is 12.0. The molecule has 3 heterocycles. The average Bonchev–Trinajstić information content (AvgIpc) is 3.41. The van der Waals surface area contributed by atoms with E-state index in [4.69, 9.17) is 11.1 Å². The van der Waals surface area contributed by atoms with Crippen LogP contribution in [-0.4, -0.2) is 65.1 Å². The molecule has 41 heavy (non-hydrogen) atoms. The summed E-state index contributed by atoms with van der Waals surface area (Å²) in [6.45, 7) is 4.07. The minimum atomic E-state index is -1.12. The van der Waals surface area contributed by atoms with Gasteiger partial charge < -0.3 is 16.2 Å². The van der Waals surface area contributed by atoms with E-state index in [1.807, 2.05) is 43.3 Å². The number of rotatable bonds is 8. The highest BCUT2D eigenvalue weighted by Gasteiger charge is 2.38. The molecular formula is C31H35FN6O2S. The van der Waals surface area contributed by atoms with E-state index in [0.29, 0.717) is 50.3 Å². The van der Waals surface area contributed by atoms with Crippen LogP contribution in [0.25, 0.3) is 16.1 Å². The number of nitrogens with two attached hydrogens (primary N) is 1. The Morgan fingerprint density at radius 2 is 1.93 bits per heavy atom. The first kappa shape index (κ1) is 28.8. The molecule has 8 nitrogen and oxygen atoms in total. The summed E-state index contributed by atoms with van der Waals surface area (Å²) in [4.78, 5) is 22.1. The van der Waals surface area contributed by atoms with E-state index in [1.165, 1.54) is 11.2 Å². The van der Waals surface area contributed by atoms with E-state index in [9.17, 15) is 14.3 Å². The Labute approximate surface area is 243 Å². The molecular weight excluding hydrogens is 539 g/mol. The molecule has 214 valence electrons. The van der Waals surface area contributed by atoms with Gasteiger partial charge >= 0.3 is 0 Å². The van der Waals surface area contributed by atoms with Gasteiger partial charge in [-0.3, -0.25) is 20.0 Å². The first-order valence-electron chi connectivity index (χ1n) is 13.6. The van der Waals surface area contributed by atoms with Crippen LogP contribution in [-0.2, 0) is 17.9 Å². The Balaban J connectivity index is 1.22. The van der Waals surface area contributed by atoms with Crippen molar-refractivity contribution < 1.29 is 14.3 Å². The summed E-state index contributed by atoms with van der Waals surface area (Å²) < 4.78 is 14.9. The molecule has 1 aromatic heterocycles. The number of likely N-dealkylation sites (tertiary alicyclic amines) is 1. The summed E-state index contributed by atoms with van der Waals surface area (Å²) in [7, 11) is 1.72. The zero-order valence-electron chi connectivity index (χ0n) is 23.3. The first-order valence-corrected chi connectivity index (χ1v) is 14.5. The molecule has 0 saturated carbocycles. The van der Waals surface area contributed by atoms with Crippen molar-refractivity contribution in [2.45, 2.75) is 38.5 Å². The molecule has 10 heteroatoms. The number of thiophene rings is 1. The van der Waals surface area contributed by atoms with Crippen LogP contribution in [0.15, 0.2) is 64.6 Å². The summed E-state index contributed by atoms with van der Waals surface area (Å²) >= 11 is 1.60. The fraction of sp³-hybridized carbons (Fsp3) is 0.323. The molecule has 0 bridgehead atoms. The number of β-amino-alcohol motifs (C(OH)–C–C–N with tert-alkyl or cyclic N) is 1. The van der Waals surface area contributed by atoms with Gasteiger partial charge in [-0.25, -0.2) is 9.38 Å². The second-order valence-electron chi connectivity index (χ2n) is 10.7. The fourth-order valence-corrected chi connectivity index (χ4v) is 6.15. The lowest BCUT2D eigenvalue weighted by Crippen LogP contribution is -2.53. The fourth-order valence-electron chi connectivity index (χ4n) is 5.25. The van der Waals surface area contributed by atoms with Crippen LogP contribution in [0.4, 0.5) is 4.39 Å². The van der Waals surface area contributed by atoms with Crippen molar-refractivity contribution in [2.24, 2.45) is 10.7 Å². The molecule has 0 spiro atoms. The van der Waals surface area contributed by atoms with Crippen molar-refractivity contribution in [1.82, 2.24) is 15.1 Å². The Kier molecular flexibility index (Phi) is 8.46. The largest absolute Gasteiger partial charge is 0.388 e. The molecule has 1 saturated heterocycles. The highest BCUT2D eigenvalue weighted by Crippen LogP contribution is 2.30. The average molecular weight is 575 g/mol. The third-order valence-electron chi connectivity index (χ3n) is 7.72. The topological polar surface area (TPSA) is 118 Å². The van der Waals surface area contributed by atoms with Crippen LogP contribution in [0.1, 0.15) is 35.1 Å². The van der Waals surface area contributed by atoms with Crippen LogP contribution in [0.5, 0.6) is 0 Å². The van der Waals surface area contributed by atoms with E-state index in [-0.39, 0.29) is 23.8 Å². The SMILES string of the molecule is CN/C(=C1/N=CN(CC2(O)CCN(Cc3ccc(-c4cc(C)cs4)cc3F)CC2)C(=O)C1=N)c1ccc(CN)cc1. The number of aliphatic imine (C=N–C) groups is 1. The van der Waals surface area contributed by atoms with Gasteiger partial charge in [0.1, 0.15) is 17.2 Å². The number of benzene rings is 2. The first-order chi connectivity index (χ1) is 19.7. The summed E-state index contributed by atoms with van der Waals surface area (Å²) in [5, 5.41) is 25.0. The monoisotopic (exact) mass is 574 g/mol. The van der Waals surface area contributed by atoms with Crippen LogP contribution < -0.4 is 11.1 Å². The van der Waals surface area contributed by atoms with Crippen LogP contribution in [0.3, 0.4) is 0 Å². The molecule has 0 unspecified atom stereocenters. The molecule has 2 aromatic carbocycles. The number of piperidine rings is 1. The van der Waals surface area contributed by atoms with Gasteiger partial charge in [0, 0.05) is 43.7 Å². The van der Waals surface area contributed by atoms with E-state index in [1.54, 1.807) is 24.5 Å². The Hall–Kier alpha value is -3.70. The van der Waals surface area contributed by atoms with Gasteiger partial charge in [-0.2, -0.15) is 0 Å². The second-order valence-corrected chi connectivity index (χ2v) is 11.6. The number of hydrogen-bond acceptors (Lipinski definition) is 8. The lowest BCUT2D eigenvalue weighted by atomic mass is 9.90. The highest BCUT2D eigenvalue weighted by atomic mass is 32.1. The summed E-state index contributed by atoms with van der Waals surface area (Å²) in [6.07, 6.45) is 2.24. The van der Waals surface area contributed by atoms with E-state index < -0.39 is 11.5 Å². The maximum Gasteiger partial charge on any atom is 0.279 e. The van der Waals surface area contributed by atoms with Gasteiger partial charge in [0.05, 0.1) is 24.2 Å². The maximum atomic E-state index is 14.9. The van der Waals surface area contributed by atoms with Gasteiger partial charge in [-0.05, 0) is 59.5 Å². The highest BCUT2D eigenvalue weighted by molar-refractivity contribution is 7.13. The molecule has 1 amide bonds. The van der Waals surface area contributed by atoms with Crippen LogP contribution in [0.2, 0.25) is 0 Å². The third kappa shape index (κ3) is 6.31. The molecule has 1 fully saturated rings. The number of aliphatic hydroxyl groups is 1. The molecule has 5 rings (SSSR count). The molecule has 3 aromatic rings. The van der Waals surface area contributed by atoms with Gasteiger partial charge in [0.2, 0.25) is 0 Å². The van der Waals surface area contributed by atoms with Gasteiger partial charge in [-0.1, -0.05) is 36.4 Å². The number of nitrogens with one attached hydrogen (secondary N) is 2. The van der Waals surface area contributed by atoms with Crippen molar-refractivity contribution in [3.8, 4) is 10.4 Å². The standard InChI is InChI=1S/C31H35FN6O2S/c1-20-13-26(41-17-20)23-7-8-24(25(32)14-23)16-37-11-9-31(40,10-12-37)18-38-19-36-29(27(34)30(38)39)28(35-2)22-5-3-21(15-33)4-6-22/h3-8,13-14,17,19,34-35,40H,9-12,15-16,18,33H2,1-2H3/b29-28+,34-27?. The molecule has 0 radical (unpaired) electrons. The lowest BCUT2D eigenvalue weighted by molar-refractivity contribution is -0.124. The number of hydrogen-bond donors (Lipinski definition) is 4. The van der Waals surface area contributed by atoms with E-state index in [2.05, 4.69) is 26.7 Å². The zero-order chi connectivity index (χ0) is 29.1. The lowest BCUT2D eigenvalue weighted by Gasteiger charge is -2.40. The quantitative estimate of drug-likeness (QED) is 0.323. The predicted molar refractivity (Wildman–Crippen MR) is 162 cm³/mol. The van der Waals surface area contributed by atoms with Gasteiger partial charge in [-0.15, -0.1) is 11.3 Å². The number of carbonyl (C=O) groups excluding carboxylic acids is 1. The summed E-state index contributed by atoms with van der Waals surface area (Å²) in [5.41, 5.74) is 9.58. The van der Waals surface area contributed by atoms with Crippen molar-refractivity contribution in [2.75, 3.05) is 26.7 Å². The van der Waals surface area contributed by atoms with Crippen LogP contribution >= 0.6 is 11.3 Å². The van der Waals surface area contributed by atoms with Gasteiger partial charge in [0.15, 0.2) is 0 Å². The van der Waals surface area contributed by atoms with Crippen molar-refractivity contribution in [3.63, 3.8) is 0 Å². The minimum Gasteiger partial charge on any atom is -0.388 e. The zero-order valence-corrected chi connectivity index (χ0v) is 24.1. The number of aryl methyl sites for hydroxylation is 1. The van der Waals surface area contributed by atoms with E-state index >= 15 is 0 Å². The normalized spacial score (nSPS) is 18.6. The Morgan fingerprint density at radius 3 is 2.54 bits per heavy atom. The smallest absolute Gasteiger partial charge is 0.279 e. The molecule has 0 atom stereocenters.